The molecule has 0 amide bonds. The highest BCUT2D eigenvalue weighted by Crippen LogP contribution is 2.17. The first-order chi connectivity index (χ1) is 10.4. The fraction of sp³-hybridized carbons (Fsp3) is 0.429. The number of methoxy groups -OCH3 is 1. The van der Waals surface area contributed by atoms with Gasteiger partial charge in [0.15, 0.2) is 0 Å². The Kier molecular flexibility index (Phi) is 6.77. The molecule has 122 valence electrons. The van der Waals surface area contributed by atoms with Crippen LogP contribution in [-0.4, -0.2) is 53.8 Å². The van der Waals surface area contributed by atoms with Crippen LogP contribution in [-0.2, 0) is 9.53 Å². The Morgan fingerprint density at radius 2 is 2.05 bits per heavy atom. The lowest BCUT2D eigenvalue weighted by atomic mass is 10.2. The summed E-state index contributed by atoms with van der Waals surface area (Å²) in [4.78, 5) is 22.9. The Morgan fingerprint density at radius 1 is 1.36 bits per heavy atom. The van der Waals surface area contributed by atoms with Gasteiger partial charge in [0.05, 0.1) is 19.8 Å². The monoisotopic (exact) mass is 314 g/mol. The third-order valence-corrected chi connectivity index (χ3v) is 2.73. The fourth-order valence-electron chi connectivity index (χ4n) is 1.46. The molecule has 0 aliphatic rings. The van der Waals surface area contributed by atoms with Crippen LogP contribution in [0, 0.1) is 0 Å². The summed E-state index contributed by atoms with van der Waals surface area (Å²) in [5.74, 6) is -0.377. The van der Waals surface area contributed by atoms with Gasteiger partial charge in [0.1, 0.15) is 30.3 Å². The SMILES string of the molecule is COc1cc(C(C)=CC(=O)OCC(O)C(O)CO)oc(=O)c1. The average molecular weight is 314 g/mol. The van der Waals surface area contributed by atoms with Crippen LogP contribution in [0.2, 0.25) is 0 Å². The smallest absolute Gasteiger partial charge is 0.339 e. The van der Waals surface area contributed by atoms with Crippen LogP contribution in [0.5, 0.6) is 5.75 Å². The molecular weight excluding hydrogens is 296 g/mol. The molecule has 0 bridgehead atoms. The second-order valence-corrected chi connectivity index (χ2v) is 4.46. The molecule has 2 unspecified atom stereocenters. The number of hydrogen-bond donors (Lipinski definition) is 3. The van der Waals surface area contributed by atoms with Gasteiger partial charge in [-0.2, -0.15) is 0 Å². The number of ether oxygens (including phenoxy) is 2. The van der Waals surface area contributed by atoms with Crippen molar-refractivity contribution in [3.63, 3.8) is 0 Å². The zero-order chi connectivity index (χ0) is 16.7. The molecule has 0 radical (unpaired) electrons. The number of allylic oxidation sites excluding steroid dienone is 1. The summed E-state index contributed by atoms with van der Waals surface area (Å²) < 4.78 is 14.6. The number of hydrogen-bond acceptors (Lipinski definition) is 8. The molecule has 2 atom stereocenters. The second-order valence-electron chi connectivity index (χ2n) is 4.46. The van der Waals surface area contributed by atoms with E-state index >= 15 is 0 Å². The molecule has 0 saturated carbocycles. The summed E-state index contributed by atoms with van der Waals surface area (Å²) in [6, 6.07) is 2.59. The van der Waals surface area contributed by atoms with E-state index in [2.05, 4.69) is 0 Å². The molecule has 1 aromatic rings. The third-order valence-electron chi connectivity index (χ3n) is 2.73. The summed E-state index contributed by atoms with van der Waals surface area (Å²) in [5, 5.41) is 27.1. The van der Waals surface area contributed by atoms with Crippen molar-refractivity contribution >= 4 is 11.5 Å². The first-order valence-electron chi connectivity index (χ1n) is 6.39. The van der Waals surface area contributed by atoms with Crippen molar-refractivity contribution in [2.75, 3.05) is 20.3 Å². The van der Waals surface area contributed by atoms with E-state index in [1.165, 1.54) is 20.1 Å². The van der Waals surface area contributed by atoms with Crippen LogP contribution < -0.4 is 10.4 Å². The van der Waals surface area contributed by atoms with E-state index in [9.17, 15) is 14.7 Å². The van der Waals surface area contributed by atoms with Crippen molar-refractivity contribution in [2.45, 2.75) is 19.1 Å². The van der Waals surface area contributed by atoms with Gasteiger partial charge in [-0.15, -0.1) is 0 Å². The van der Waals surface area contributed by atoms with E-state index in [0.717, 1.165) is 12.1 Å². The molecule has 0 fully saturated rings. The number of carbonyl (C=O) groups excluding carboxylic acids is 1. The number of aliphatic hydroxyl groups excluding tert-OH is 3. The minimum absolute atomic E-state index is 0.136. The maximum absolute atomic E-state index is 11.6. The topological polar surface area (TPSA) is 126 Å². The van der Waals surface area contributed by atoms with Crippen LogP contribution >= 0.6 is 0 Å². The van der Waals surface area contributed by atoms with E-state index in [4.69, 9.17) is 24.1 Å². The number of esters is 1. The van der Waals surface area contributed by atoms with Crippen molar-refractivity contribution in [1.29, 1.82) is 0 Å². The molecule has 22 heavy (non-hydrogen) atoms. The predicted octanol–water partition coefficient (Wildman–Crippen LogP) is -0.691. The first kappa shape index (κ1) is 17.9. The second kappa shape index (κ2) is 8.32. The van der Waals surface area contributed by atoms with E-state index in [1.54, 1.807) is 0 Å². The lowest BCUT2D eigenvalue weighted by Gasteiger charge is -2.14. The molecule has 1 rings (SSSR count). The quantitative estimate of drug-likeness (QED) is 0.446. The number of rotatable bonds is 7. The van der Waals surface area contributed by atoms with Crippen LogP contribution in [0.3, 0.4) is 0 Å². The van der Waals surface area contributed by atoms with Gasteiger partial charge in [-0.3, -0.25) is 0 Å². The summed E-state index contributed by atoms with van der Waals surface area (Å²) >= 11 is 0. The molecule has 8 heteroatoms. The molecule has 1 heterocycles. The molecule has 0 aliphatic carbocycles. The van der Waals surface area contributed by atoms with E-state index < -0.39 is 37.0 Å². The summed E-state index contributed by atoms with van der Waals surface area (Å²) in [5.41, 5.74) is -0.310. The van der Waals surface area contributed by atoms with E-state index in [0.29, 0.717) is 5.57 Å². The third kappa shape index (κ3) is 5.32. The van der Waals surface area contributed by atoms with Gasteiger partial charge in [-0.1, -0.05) is 0 Å². The molecular formula is C14H18O8. The highest BCUT2D eigenvalue weighted by atomic mass is 16.5. The molecule has 0 saturated heterocycles. The molecule has 0 aliphatic heterocycles. The van der Waals surface area contributed by atoms with Gasteiger partial charge in [-0.05, 0) is 12.5 Å². The summed E-state index contributed by atoms with van der Waals surface area (Å²) in [6.45, 7) is 0.396. The normalized spacial score (nSPS) is 14.3. The van der Waals surface area contributed by atoms with Crippen LogP contribution in [0.1, 0.15) is 12.7 Å². The highest BCUT2D eigenvalue weighted by Gasteiger charge is 2.17. The highest BCUT2D eigenvalue weighted by molar-refractivity contribution is 5.90. The van der Waals surface area contributed by atoms with Crippen molar-refractivity contribution in [3.8, 4) is 5.75 Å². The van der Waals surface area contributed by atoms with Crippen LogP contribution in [0.4, 0.5) is 0 Å². The Hall–Kier alpha value is -2.16. The number of carbonyl (C=O) groups is 1. The van der Waals surface area contributed by atoms with Gasteiger partial charge in [0, 0.05) is 12.1 Å². The van der Waals surface area contributed by atoms with E-state index in [1.807, 2.05) is 0 Å². The van der Waals surface area contributed by atoms with Crippen molar-refractivity contribution < 1.29 is 34.0 Å². The maximum atomic E-state index is 11.6. The molecule has 0 aromatic carbocycles. The van der Waals surface area contributed by atoms with Crippen LogP contribution in [0.25, 0.3) is 5.57 Å². The lowest BCUT2D eigenvalue weighted by Crippen LogP contribution is -2.33. The van der Waals surface area contributed by atoms with Crippen LogP contribution in [0.15, 0.2) is 27.4 Å². The summed E-state index contributed by atoms with van der Waals surface area (Å²) in [7, 11) is 1.39. The number of aliphatic hydroxyl groups is 3. The molecule has 0 spiro atoms. The first-order valence-corrected chi connectivity index (χ1v) is 6.39. The Balaban J connectivity index is 2.74. The predicted molar refractivity (Wildman–Crippen MR) is 75.2 cm³/mol. The van der Waals surface area contributed by atoms with Crippen molar-refractivity contribution in [1.82, 2.24) is 0 Å². The van der Waals surface area contributed by atoms with Gasteiger partial charge in [-0.25, -0.2) is 9.59 Å². The molecule has 8 nitrogen and oxygen atoms in total. The Morgan fingerprint density at radius 3 is 2.64 bits per heavy atom. The zero-order valence-corrected chi connectivity index (χ0v) is 12.2. The fourth-order valence-corrected chi connectivity index (χ4v) is 1.46. The van der Waals surface area contributed by atoms with Gasteiger partial charge in [0.25, 0.3) is 0 Å². The summed E-state index contributed by atoms with van der Waals surface area (Å²) in [6.07, 6.45) is -1.72. The van der Waals surface area contributed by atoms with Gasteiger partial charge < -0.3 is 29.2 Å². The minimum atomic E-state index is -1.39. The Labute approximate surface area is 126 Å². The minimum Gasteiger partial charge on any atom is -0.496 e. The largest absolute Gasteiger partial charge is 0.496 e. The zero-order valence-electron chi connectivity index (χ0n) is 12.2. The van der Waals surface area contributed by atoms with Crippen molar-refractivity contribution in [3.05, 3.63) is 34.4 Å². The maximum Gasteiger partial charge on any atom is 0.339 e. The lowest BCUT2D eigenvalue weighted by molar-refractivity contribution is -0.143. The van der Waals surface area contributed by atoms with Gasteiger partial charge >= 0.3 is 11.6 Å². The molecule has 3 N–H and O–H groups in total. The standard InChI is InChI=1S/C14H18O8/c1-8(12-4-9(20-2)5-14(19)22-12)3-13(18)21-7-11(17)10(16)6-15/h3-5,10-11,15-17H,6-7H2,1-2H3. The molecule has 1 aromatic heterocycles. The van der Waals surface area contributed by atoms with Gasteiger partial charge in [0.2, 0.25) is 0 Å². The van der Waals surface area contributed by atoms with E-state index in [-0.39, 0.29) is 11.5 Å². The van der Waals surface area contributed by atoms with Crippen molar-refractivity contribution in [2.24, 2.45) is 0 Å². The average Bonchev–Trinajstić information content (AvgIpc) is 2.50. The Bertz CT molecular complexity index is 589.